The van der Waals surface area contributed by atoms with Gasteiger partial charge >= 0.3 is 0 Å². The fourth-order valence-corrected chi connectivity index (χ4v) is 2.96. The van der Waals surface area contributed by atoms with Crippen molar-refractivity contribution in [2.45, 2.75) is 6.42 Å². The topological polar surface area (TPSA) is 76.4 Å². The molecule has 0 saturated heterocycles. The molecule has 1 aromatic heterocycles. The van der Waals surface area contributed by atoms with Gasteiger partial charge in [0.1, 0.15) is 11.1 Å². The van der Waals surface area contributed by atoms with Crippen LogP contribution in [0.2, 0.25) is 0 Å². The maximum absolute atomic E-state index is 12.1. The van der Waals surface area contributed by atoms with Gasteiger partial charge in [-0.15, -0.1) is 11.3 Å². The quantitative estimate of drug-likeness (QED) is 0.777. The number of aliphatic hydroxyl groups is 1. The smallest absolute Gasteiger partial charge is 0.239 e. The third-order valence-corrected chi connectivity index (χ3v) is 4.21. The van der Waals surface area contributed by atoms with Crippen molar-refractivity contribution in [1.82, 2.24) is 4.90 Å². The van der Waals surface area contributed by atoms with Gasteiger partial charge in [-0.25, -0.2) is 0 Å². The van der Waals surface area contributed by atoms with Crippen molar-refractivity contribution in [1.29, 1.82) is 5.26 Å². The van der Waals surface area contributed by atoms with E-state index in [1.807, 2.05) is 41.3 Å². The first kappa shape index (κ1) is 17.2. The molecule has 0 saturated carbocycles. The number of nitriles is 1. The summed E-state index contributed by atoms with van der Waals surface area (Å²) in [7, 11) is 0. The second-order valence-electron chi connectivity index (χ2n) is 5.06. The minimum absolute atomic E-state index is 0.00448. The average Bonchev–Trinajstić information content (AvgIpc) is 3.01. The number of hydrogen-bond donors (Lipinski definition) is 2. The lowest BCUT2D eigenvalue weighted by Gasteiger charge is -2.20. The van der Waals surface area contributed by atoms with Crippen LogP contribution >= 0.6 is 11.3 Å². The summed E-state index contributed by atoms with van der Waals surface area (Å²) in [6.45, 7) is 1.32. The van der Waals surface area contributed by atoms with E-state index in [-0.39, 0.29) is 19.1 Å². The minimum atomic E-state index is -0.175. The van der Waals surface area contributed by atoms with E-state index < -0.39 is 0 Å². The van der Waals surface area contributed by atoms with Crippen molar-refractivity contribution in [2.24, 2.45) is 0 Å². The SMILES string of the molecule is N#Cc1ccsc1NC(=O)CN(CCO)CCc1ccccc1. The Labute approximate surface area is 139 Å². The molecule has 2 rings (SSSR count). The Morgan fingerprint density at radius 1 is 1.26 bits per heavy atom. The van der Waals surface area contributed by atoms with Gasteiger partial charge in [0, 0.05) is 13.1 Å². The zero-order valence-corrected chi connectivity index (χ0v) is 13.6. The van der Waals surface area contributed by atoms with Crippen molar-refractivity contribution >= 4 is 22.2 Å². The molecule has 0 unspecified atom stereocenters. The molecular weight excluding hydrogens is 310 g/mol. The van der Waals surface area contributed by atoms with E-state index in [0.29, 0.717) is 23.7 Å². The molecule has 0 bridgehead atoms. The summed E-state index contributed by atoms with van der Waals surface area (Å²) in [6.07, 6.45) is 0.816. The predicted octanol–water partition coefficient (Wildman–Crippen LogP) is 2.10. The molecular formula is C17H19N3O2S. The molecule has 0 aliphatic rings. The monoisotopic (exact) mass is 329 g/mol. The van der Waals surface area contributed by atoms with Crippen LogP contribution in [0.5, 0.6) is 0 Å². The highest BCUT2D eigenvalue weighted by molar-refractivity contribution is 7.14. The zero-order chi connectivity index (χ0) is 16.5. The van der Waals surface area contributed by atoms with Crippen LogP contribution in [-0.2, 0) is 11.2 Å². The second kappa shape index (κ2) is 9.06. The van der Waals surface area contributed by atoms with Gasteiger partial charge < -0.3 is 10.4 Å². The highest BCUT2D eigenvalue weighted by Gasteiger charge is 2.13. The summed E-state index contributed by atoms with van der Waals surface area (Å²) in [5, 5.41) is 23.2. The minimum Gasteiger partial charge on any atom is -0.395 e. The number of benzene rings is 1. The number of anilines is 1. The molecule has 0 aliphatic heterocycles. The largest absolute Gasteiger partial charge is 0.395 e. The van der Waals surface area contributed by atoms with Gasteiger partial charge in [0.2, 0.25) is 5.91 Å². The lowest BCUT2D eigenvalue weighted by Crippen LogP contribution is -2.36. The first-order valence-corrected chi connectivity index (χ1v) is 8.25. The summed E-state index contributed by atoms with van der Waals surface area (Å²) in [4.78, 5) is 14.0. The third kappa shape index (κ3) is 5.49. The van der Waals surface area contributed by atoms with E-state index >= 15 is 0 Å². The normalized spacial score (nSPS) is 10.5. The predicted molar refractivity (Wildman–Crippen MR) is 91.3 cm³/mol. The highest BCUT2D eigenvalue weighted by atomic mass is 32.1. The van der Waals surface area contributed by atoms with Crippen molar-refractivity contribution in [3.8, 4) is 6.07 Å². The van der Waals surface area contributed by atoms with Gasteiger partial charge in [-0.2, -0.15) is 5.26 Å². The Hall–Kier alpha value is -2.20. The van der Waals surface area contributed by atoms with E-state index in [4.69, 9.17) is 5.26 Å². The average molecular weight is 329 g/mol. The molecule has 23 heavy (non-hydrogen) atoms. The maximum atomic E-state index is 12.1. The van der Waals surface area contributed by atoms with Gasteiger partial charge in [0.05, 0.1) is 18.7 Å². The van der Waals surface area contributed by atoms with Crippen LogP contribution in [-0.4, -0.2) is 42.2 Å². The van der Waals surface area contributed by atoms with Crippen LogP contribution in [0, 0.1) is 11.3 Å². The number of carbonyl (C=O) groups excluding carboxylic acids is 1. The Balaban J connectivity index is 1.88. The van der Waals surface area contributed by atoms with Crippen molar-refractivity contribution in [3.05, 3.63) is 52.9 Å². The summed E-state index contributed by atoms with van der Waals surface area (Å²) >= 11 is 1.33. The first-order chi connectivity index (χ1) is 11.2. The highest BCUT2D eigenvalue weighted by Crippen LogP contribution is 2.21. The van der Waals surface area contributed by atoms with Crippen LogP contribution < -0.4 is 5.32 Å². The van der Waals surface area contributed by atoms with E-state index in [9.17, 15) is 9.90 Å². The number of nitrogens with zero attached hydrogens (tertiary/aromatic N) is 2. The first-order valence-electron chi connectivity index (χ1n) is 7.37. The summed E-state index contributed by atoms with van der Waals surface area (Å²) in [6, 6.07) is 13.8. The lowest BCUT2D eigenvalue weighted by atomic mass is 10.1. The number of rotatable bonds is 8. The number of thiophene rings is 1. The molecule has 0 fully saturated rings. The molecule has 1 amide bonds. The molecule has 0 aliphatic carbocycles. The van der Waals surface area contributed by atoms with Gasteiger partial charge in [-0.3, -0.25) is 9.69 Å². The lowest BCUT2D eigenvalue weighted by molar-refractivity contribution is -0.117. The third-order valence-electron chi connectivity index (χ3n) is 3.38. The Morgan fingerprint density at radius 3 is 2.74 bits per heavy atom. The molecule has 0 spiro atoms. The van der Waals surface area contributed by atoms with Crippen LogP contribution in [0.3, 0.4) is 0 Å². The molecule has 0 radical (unpaired) electrons. The zero-order valence-electron chi connectivity index (χ0n) is 12.7. The molecule has 1 heterocycles. The molecule has 6 heteroatoms. The van der Waals surface area contributed by atoms with Crippen molar-refractivity contribution < 1.29 is 9.90 Å². The fourth-order valence-electron chi connectivity index (χ4n) is 2.21. The van der Waals surface area contributed by atoms with E-state index in [0.717, 1.165) is 6.42 Å². The fraction of sp³-hybridized carbons (Fsp3) is 0.294. The molecule has 2 aromatic rings. The number of carbonyl (C=O) groups is 1. The van der Waals surface area contributed by atoms with Gasteiger partial charge in [0.25, 0.3) is 0 Å². The van der Waals surface area contributed by atoms with Crippen LogP contribution in [0.15, 0.2) is 41.8 Å². The Kier molecular flexibility index (Phi) is 6.76. The number of hydrogen-bond acceptors (Lipinski definition) is 5. The summed E-state index contributed by atoms with van der Waals surface area (Å²) in [5.41, 5.74) is 1.67. The summed E-state index contributed by atoms with van der Waals surface area (Å²) in [5.74, 6) is -0.175. The van der Waals surface area contributed by atoms with Gasteiger partial charge in [-0.05, 0) is 23.4 Å². The van der Waals surface area contributed by atoms with Crippen LogP contribution in [0.1, 0.15) is 11.1 Å². The van der Waals surface area contributed by atoms with E-state index in [2.05, 4.69) is 5.32 Å². The maximum Gasteiger partial charge on any atom is 0.239 e. The molecule has 5 nitrogen and oxygen atoms in total. The van der Waals surface area contributed by atoms with Crippen molar-refractivity contribution in [3.63, 3.8) is 0 Å². The standard InChI is InChI=1S/C17H19N3O2S/c18-12-15-7-11-23-17(15)19-16(22)13-20(9-10-21)8-6-14-4-2-1-3-5-14/h1-5,7,11,21H,6,8-10,13H2,(H,19,22). The van der Waals surface area contributed by atoms with E-state index in [1.165, 1.54) is 16.9 Å². The van der Waals surface area contributed by atoms with Gasteiger partial charge in [0.15, 0.2) is 0 Å². The molecule has 1 aromatic carbocycles. The second-order valence-corrected chi connectivity index (χ2v) is 5.97. The van der Waals surface area contributed by atoms with Crippen molar-refractivity contribution in [2.75, 3.05) is 31.6 Å². The molecule has 120 valence electrons. The van der Waals surface area contributed by atoms with E-state index in [1.54, 1.807) is 11.4 Å². The number of nitrogens with one attached hydrogen (secondary N) is 1. The van der Waals surface area contributed by atoms with Crippen LogP contribution in [0.25, 0.3) is 0 Å². The Morgan fingerprint density at radius 2 is 2.04 bits per heavy atom. The Bertz CT molecular complexity index is 664. The molecule has 2 N–H and O–H groups in total. The molecule has 0 atom stereocenters. The van der Waals surface area contributed by atoms with Crippen LogP contribution in [0.4, 0.5) is 5.00 Å². The summed E-state index contributed by atoms with van der Waals surface area (Å²) < 4.78 is 0. The number of amides is 1. The van der Waals surface area contributed by atoms with Gasteiger partial charge in [-0.1, -0.05) is 30.3 Å². The number of aliphatic hydroxyl groups excluding tert-OH is 1.